The van der Waals surface area contributed by atoms with Gasteiger partial charge in [-0.3, -0.25) is 9.59 Å². The van der Waals surface area contributed by atoms with Gasteiger partial charge in [-0.2, -0.15) is 0 Å². The highest BCUT2D eigenvalue weighted by atomic mass is 16.5. The third-order valence-corrected chi connectivity index (χ3v) is 4.78. The Hall–Kier alpha value is -1.84. The number of benzene rings is 1. The van der Waals surface area contributed by atoms with E-state index in [9.17, 15) is 9.59 Å². The predicted molar refractivity (Wildman–Crippen MR) is 78.9 cm³/mol. The highest BCUT2D eigenvalue weighted by Gasteiger charge is 2.48. The first-order valence-corrected chi connectivity index (χ1v) is 7.57. The van der Waals surface area contributed by atoms with Gasteiger partial charge in [-0.25, -0.2) is 0 Å². The van der Waals surface area contributed by atoms with E-state index < -0.39 is 0 Å². The summed E-state index contributed by atoms with van der Waals surface area (Å²) in [5.41, 5.74) is 0.713. The molecule has 21 heavy (non-hydrogen) atoms. The fourth-order valence-electron chi connectivity index (χ4n) is 3.57. The van der Waals surface area contributed by atoms with Gasteiger partial charge in [-0.1, -0.05) is 12.1 Å². The summed E-state index contributed by atoms with van der Waals surface area (Å²) >= 11 is 0. The molecule has 4 nitrogen and oxygen atoms in total. The van der Waals surface area contributed by atoms with Crippen molar-refractivity contribution in [2.75, 3.05) is 13.7 Å². The quantitative estimate of drug-likeness (QED) is 0.858. The lowest BCUT2D eigenvalue weighted by Gasteiger charge is -2.30. The number of amides is 1. The minimum absolute atomic E-state index is 0.173. The van der Waals surface area contributed by atoms with Gasteiger partial charge < -0.3 is 9.64 Å². The number of rotatable bonds is 3. The summed E-state index contributed by atoms with van der Waals surface area (Å²) in [6.07, 6.45) is 3.66. The van der Waals surface area contributed by atoms with Crippen molar-refractivity contribution in [2.24, 2.45) is 5.41 Å². The van der Waals surface area contributed by atoms with Crippen molar-refractivity contribution in [2.45, 2.75) is 38.6 Å². The van der Waals surface area contributed by atoms with E-state index >= 15 is 0 Å². The van der Waals surface area contributed by atoms with E-state index in [0.717, 1.165) is 37.1 Å². The Bertz CT molecular complexity index is 552. The normalized spacial score (nSPS) is 25.7. The number of carbonyl (C=O) groups excluding carboxylic acids is 2. The minimum Gasteiger partial charge on any atom is -0.497 e. The van der Waals surface area contributed by atoms with Crippen LogP contribution in [0.1, 0.15) is 37.7 Å². The van der Waals surface area contributed by atoms with Crippen molar-refractivity contribution in [1.29, 1.82) is 0 Å². The van der Waals surface area contributed by atoms with Crippen LogP contribution >= 0.6 is 0 Å². The maximum absolute atomic E-state index is 12.7. The molecular formula is C17H21NO3. The van der Waals surface area contributed by atoms with Gasteiger partial charge in [0.2, 0.25) is 5.91 Å². The summed E-state index contributed by atoms with van der Waals surface area (Å²) in [6, 6.07) is 7.80. The minimum atomic E-state index is -0.387. The molecule has 2 aliphatic rings. The Balaban J connectivity index is 1.70. The third-order valence-electron chi connectivity index (χ3n) is 4.78. The van der Waals surface area contributed by atoms with E-state index in [0.29, 0.717) is 19.4 Å². The Labute approximate surface area is 125 Å². The Morgan fingerprint density at radius 3 is 2.62 bits per heavy atom. The number of carbonyl (C=O) groups is 2. The number of likely N-dealkylation sites (tertiary alicyclic amines) is 1. The zero-order valence-corrected chi connectivity index (χ0v) is 12.4. The number of ether oxygens (including phenoxy) is 1. The molecule has 0 bridgehead atoms. The number of Topliss-reactive ketones (excluding diaryl/α,β-unsaturated/α-hetero) is 1. The lowest BCUT2D eigenvalue weighted by molar-refractivity contribution is -0.142. The van der Waals surface area contributed by atoms with Crippen LogP contribution in [0.5, 0.6) is 5.75 Å². The Kier molecular flexibility index (Phi) is 3.70. The largest absolute Gasteiger partial charge is 0.497 e. The molecule has 1 aromatic carbocycles. The van der Waals surface area contributed by atoms with Crippen molar-refractivity contribution >= 4 is 11.7 Å². The van der Waals surface area contributed by atoms with Crippen molar-refractivity contribution in [3.63, 3.8) is 0 Å². The number of ketones is 1. The van der Waals surface area contributed by atoms with Crippen LogP contribution in [0.4, 0.5) is 0 Å². The number of hydrogen-bond acceptors (Lipinski definition) is 3. The topological polar surface area (TPSA) is 46.6 Å². The van der Waals surface area contributed by atoms with E-state index in [4.69, 9.17) is 4.74 Å². The van der Waals surface area contributed by atoms with Crippen molar-refractivity contribution in [3.05, 3.63) is 29.8 Å². The lowest BCUT2D eigenvalue weighted by Crippen LogP contribution is -2.38. The molecule has 0 N–H and O–H groups in total. The molecule has 2 fully saturated rings. The molecule has 0 aromatic heterocycles. The molecule has 112 valence electrons. The van der Waals surface area contributed by atoms with Crippen LogP contribution in [-0.2, 0) is 16.1 Å². The summed E-state index contributed by atoms with van der Waals surface area (Å²) in [7, 11) is 1.64. The Morgan fingerprint density at radius 2 is 1.95 bits per heavy atom. The first-order valence-electron chi connectivity index (χ1n) is 7.57. The Morgan fingerprint density at radius 1 is 1.19 bits per heavy atom. The SMILES string of the molecule is COc1ccc(CN2CCC3(CCCC(=O)C3)C2=O)cc1. The van der Waals surface area contributed by atoms with E-state index in [1.165, 1.54) is 0 Å². The second-order valence-corrected chi connectivity index (χ2v) is 6.17. The van der Waals surface area contributed by atoms with E-state index in [1.54, 1.807) is 7.11 Å². The fourth-order valence-corrected chi connectivity index (χ4v) is 3.57. The van der Waals surface area contributed by atoms with Gasteiger partial charge >= 0.3 is 0 Å². The highest BCUT2D eigenvalue weighted by molar-refractivity contribution is 5.92. The van der Waals surface area contributed by atoms with E-state index in [-0.39, 0.29) is 17.1 Å². The monoisotopic (exact) mass is 287 g/mol. The average molecular weight is 287 g/mol. The predicted octanol–water partition coefficient (Wildman–Crippen LogP) is 2.56. The van der Waals surface area contributed by atoms with Gasteiger partial charge in [-0.15, -0.1) is 0 Å². The van der Waals surface area contributed by atoms with Gasteiger partial charge in [0.05, 0.1) is 12.5 Å². The number of methoxy groups -OCH3 is 1. The van der Waals surface area contributed by atoms with E-state index in [2.05, 4.69) is 0 Å². The molecular weight excluding hydrogens is 266 g/mol. The highest BCUT2D eigenvalue weighted by Crippen LogP contribution is 2.43. The lowest BCUT2D eigenvalue weighted by atomic mass is 9.72. The third kappa shape index (κ3) is 2.67. The average Bonchev–Trinajstić information content (AvgIpc) is 2.77. The molecule has 1 atom stereocenters. The first kappa shape index (κ1) is 14.1. The van der Waals surface area contributed by atoms with Crippen molar-refractivity contribution in [3.8, 4) is 5.75 Å². The molecule has 1 aromatic rings. The summed E-state index contributed by atoms with van der Waals surface area (Å²) < 4.78 is 5.14. The molecule has 1 saturated carbocycles. The van der Waals surface area contributed by atoms with Crippen LogP contribution in [0.3, 0.4) is 0 Å². The van der Waals surface area contributed by atoms with Crippen LogP contribution in [0.25, 0.3) is 0 Å². The maximum atomic E-state index is 12.7. The number of nitrogens with zero attached hydrogens (tertiary/aromatic N) is 1. The second-order valence-electron chi connectivity index (χ2n) is 6.17. The smallest absolute Gasteiger partial charge is 0.229 e. The summed E-state index contributed by atoms with van der Waals surface area (Å²) in [5, 5.41) is 0. The van der Waals surface area contributed by atoms with Gasteiger partial charge in [0.1, 0.15) is 11.5 Å². The number of hydrogen-bond donors (Lipinski definition) is 0. The summed E-state index contributed by atoms with van der Waals surface area (Å²) in [4.78, 5) is 26.3. The van der Waals surface area contributed by atoms with Gasteiger partial charge in [0.15, 0.2) is 0 Å². The molecule has 1 aliphatic heterocycles. The molecule has 1 spiro atoms. The van der Waals surface area contributed by atoms with Gasteiger partial charge in [0.25, 0.3) is 0 Å². The molecule has 3 rings (SSSR count). The van der Waals surface area contributed by atoms with Gasteiger partial charge in [0, 0.05) is 25.9 Å². The molecule has 1 unspecified atom stereocenters. The zero-order valence-electron chi connectivity index (χ0n) is 12.4. The fraction of sp³-hybridized carbons (Fsp3) is 0.529. The molecule has 1 heterocycles. The zero-order chi connectivity index (χ0) is 14.9. The van der Waals surface area contributed by atoms with Crippen LogP contribution in [0, 0.1) is 5.41 Å². The van der Waals surface area contributed by atoms with Crippen LogP contribution in [-0.4, -0.2) is 30.2 Å². The molecule has 4 heteroatoms. The molecule has 0 radical (unpaired) electrons. The van der Waals surface area contributed by atoms with Crippen molar-refractivity contribution < 1.29 is 14.3 Å². The van der Waals surface area contributed by atoms with Crippen LogP contribution in [0.15, 0.2) is 24.3 Å². The molecule has 1 aliphatic carbocycles. The standard InChI is InChI=1S/C17H21NO3/c1-21-15-6-4-13(5-7-15)12-18-10-9-17(16(18)20)8-2-3-14(19)11-17/h4-7H,2-3,8-12H2,1H3. The molecule has 1 amide bonds. The van der Waals surface area contributed by atoms with Gasteiger partial charge in [-0.05, 0) is 37.0 Å². The second kappa shape index (κ2) is 5.51. The van der Waals surface area contributed by atoms with Crippen LogP contribution in [0.2, 0.25) is 0 Å². The summed E-state index contributed by atoms with van der Waals surface area (Å²) in [6.45, 7) is 1.39. The summed E-state index contributed by atoms with van der Waals surface area (Å²) in [5.74, 6) is 1.24. The first-order chi connectivity index (χ1) is 10.1. The molecule has 1 saturated heterocycles. The van der Waals surface area contributed by atoms with Crippen molar-refractivity contribution in [1.82, 2.24) is 4.90 Å². The van der Waals surface area contributed by atoms with Crippen LogP contribution < -0.4 is 4.74 Å². The van der Waals surface area contributed by atoms with E-state index in [1.807, 2.05) is 29.2 Å². The maximum Gasteiger partial charge on any atom is 0.229 e.